The molecule has 1 fully saturated rings. The Morgan fingerprint density at radius 1 is 1.29 bits per heavy atom. The van der Waals surface area contributed by atoms with E-state index >= 15 is 0 Å². The minimum atomic E-state index is -0.450. The first kappa shape index (κ1) is 13.0. The number of H-pyrrole nitrogens is 1. The summed E-state index contributed by atoms with van der Waals surface area (Å²) in [4.78, 5) is 4.49. The van der Waals surface area contributed by atoms with Gasteiger partial charge >= 0.3 is 0 Å². The summed E-state index contributed by atoms with van der Waals surface area (Å²) >= 11 is 3.46. The van der Waals surface area contributed by atoms with Crippen LogP contribution >= 0.6 is 15.9 Å². The van der Waals surface area contributed by atoms with Crippen molar-refractivity contribution in [2.45, 2.75) is 31.2 Å². The van der Waals surface area contributed by atoms with Crippen LogP contribution in [0.5, 0.6) is 0 Å². The molecule has 0 radical (unpaired) electrons. The van der Waals surface area contributed by atoms with E-state index in [9.17, 15) is 0 Å². The maximum Gasteiger partial charge on any atom is 0.279 e. The third kappa shape index (κ3) is 2.08. The zero-order chi connectivity index (χ0) is 14.4. The highest BCUT2D eigenvalue weighted by molar-refractivity contribution is 9.10. The second-order valence-electron chi connectivity index (χ2n) is 5.55. The molecule has 3 aromatic rings. The summed E-state index contributed by atoms with van der Waals surface area (Å²) in [6.07, 6.45) is 4.02. The van der Waals surface area contributed by atoms with E-state index in [1.54, 1.807) is 0 Å². The fourth-order valence-electron chi connectivity index (χ4n) is 2.90. The molecule has 108 valence electrons. The highest BCUT2D eigenvalue weighted by atomic mass is 79.9. The summed E-state index contributed by atoms with van der Waals surface area (Å²) in [6, 6.07) is 5.89. The van der Waals surface area contributed by atoms with E-state index in [0.717, 1.165) is 41.1 Å². The standard InChI is InChI=1S/C14H14BrN5O/c15-8-3-4-10-9(7-8)11(19-18-10)12-17-13(20-21-12)14(16)5-1-2-6-14/h3-4,7H,1-2,5-6,16H2,(H,18,19). The van der Waals surface area contributed by atoms with Gasteiger partial charge < -0.3 is 10.3 Å². The van der Waals surface area contributed by atoms with Gasteiger partial charge in [0.05, 0.1) is 11.1 Å². The van der Waals surface area contributed by atoms with Gasteiger partial charge in [0, 0.05) is 9.86 Å². The largest absolute Gasteiger partial charge is 0.332 e. The Kier molecular flexibility index (Phi) is 2.87. The summed E-state index contributed by atoms with van der Waals surface area (Å²) in [6.45, 7) is 0. The summed E-state index contributed by atoms with van der Waals surface area (Å²) in [5.74, 6) is 0.993. The number of aromatic amines is 1. The first-order valence-corrected chi connectivity index (χ1v) is 7.72. The van der Waals surface area contributed by atoms with Crippen molar-refractivity contribution >= 4 is 26.8 Å². The number of rotatable bonds is 2. The number of benzene rings is 1. The Morgan fingerprint density at radius 2 is 2.10 bits per heavy atom. The van der Waals surface area contributed by atoms with Gasteiger partial charge in [-0.05, 0) is 31.0 Å². The van der Waals surface area contributed by atoms with Crippen LogP contribution in [0.25, 0.3) is 22.5 Å². The fourth-order valence-corrected chi connectivity index (χ4v) is 3.26. The number of aromatic nitrogens is 4. The van der Waals surface area contributed by atoms with Crippen LogP contribution < -0.4 is 5.73 Å². The minimum absolute atomic E-state index is 0.408. The summed E-state index contributed by atoms with van der Waals surface area (Å²) in [5.41, 5.74) is 7.50. The number of hydrogen-bond donors (Lipinski definition) is 2. The molecule has 1 saturated carbocycles. The molecule has 7 heteroatoms. The molecule has 1 aliphatic carbocycles. The molecular formula is C14H14BrN5O. The van der Waals surface area contributed by atoms with Crippen molar-refractivity contribution < 1.29 is 4.52 Å². The van der Waals surface area contributed by atoms with Crippen LogP contribution in [0.4, 0.5) is 0 Å². The average molecular weight is 348 g/mol. The molecule has 0 saturated heterocycles. The third-order valence-electron chi connectivity index (χ3n) is 4.09. The van der Waals surface area contributed by atoms with Gasteiger partial charge in [0.1, 0.15) is 0 Å². The van der Waals surface area contributed by atoms with Crippen LogP contribution in [-0.2, 0) is 5.54 Å². The Balaban J connectivity index is 1.79. The second kappa shape index (κ2) is 4.64. The predicted molar refractivity (Wildman–Crippen MR) is 81.4 cm³/mol. The first-order chi connectivity index (χ1) is 10.2. The molecular weight excluding hydrogens is 334 g/mol. The highest BCUT2D eigenvalue weighted by Crippen LogP contribution is 2.36. The molecule has 0 atom stereocenters. The van der Waals surface area contributed by atoms with E-state index in [0.29, 0.717) is 17.4 Å². The number of fused-ring (bicyclic) bond motifs is 1. The zero-order valence-electron chi connectivity index (χ0n) is 11.3. The van der Waals surface area contributed by atoms with E-state index in [4.69, 9.17) is 10.3 Å². The van der Waals surface area contributed by atoms with Crippen LogP contribution in [-0.4, -0.2) is 20.3 Å². The Labute approximate surface area is 129 Å². The molecule has 0 unspecified atom stereocenters. The van der Waals surface area contributed by atoms with Gasteiger partial charge in [-0.2, -0.15) is 10.1 Å². The van der Waals surface area contributed by atoms with Gasteiger partial charge in [0.15, 0.2) is 11.5 Å². The summed E-state index contributed by atoms with van der Waals surface area (Å²) < 4.78 is 6.37. The van der Waals surface area contributed by atoms with Crippen molar-refractivity contribution in [3.8, 4) is 11.6 Å². The lowest BCUT2D eigenvalue weighted by atomic mass is 9.99. The summed E-state index contributed by atoms with van der Waals surface area (Å²) in [7, 11) is 0. The lowest BCUT2D eigenvalue weighted by Gasteiger charge is -2.17. The molecule has 0 amide bonds. The van der Waals surface area contributed by atoms with E-state index in [-0.39, 0.29) is 0 Å². The van der Waals surface area contributed by atoms with Crippen molar-refractivity contribution in [2.24, 2.45) is 5.73 Å². The minimum Gasteiger partial charge on any atom is -0.332 e. The third-order valence-corrected chi connectivity index (χ3v) is 4.59. The monoisotopic (exact) mass is 347 g/mol. The number of nitrogens with zero attached hydrogens (tertiary/aromatic N) is 3. The Bertz CT molecular complexity index is 803. The quantitative estimate of drug-likeness (QED) is 0.742. The van der Waals surface area contributed by atoms with Crippen LogP contribution in [0.15, 0.2) is 27.2 Å². The van der Waals surface area contributed by atoms with Crippen LogP contribution in [0.1, 0.15) is 31.5 Å². The molecule has 2 heterocycles. The number of nitrogens with one attached hydrogen (secondary N) is 1. The van der Waals surface area contributed by atoms with Crippen molar-refractivity contribution in [3.63, 3.8) is 0 Å². The average Bonchev–Trinajstić information content (AvgIpc) is 3.16. The number of hydrogen-bond acceptors (Lipinski definition) is 5. The molecule has 2 aromatic heterocycles. The predicted octanol–water partition coefficient (Wildman–Crippen LogP) is 3.10. The summed E-state index contributed by atoms with van der Waals surface area (Å²) in [5, 5.41) is 12.3. The smallest absolute Gasteiger partial charge is 0.279 e. The molecule has 0 aliphatic heterocycles. The van der Waals surface area contributed by atoms with Gasteiger partial charge in [-0.1, -0.05) is 33.9 Å². The normalized spacial score (nSPS) is 17.6. The maximum atomic E-state index is 6.36. The maximum absolute atomic E-state index is 6.36. The molecule has 6 nitrogen and oxygen atoms in total. The SMILES string of the molecule is NC1(c2noc(-c3n[nH]c4ccc(Br)cc34)n2)CCCC1. The van der Waals surface area contributed by atoms with Crippen LogP contribution in [0.2, 0.25) is 0 Å². The van der Waals surface area contributed by atoms with E-state index < -0.39 is 5.54 Å². The van der Waals surface area contributed by atoms with Crippen molar-refractivity contribution in [3.05, 3.63) is 28.5 Å². The highest BCUT2D eigenvalue weighted by Gasteiger charge is 2.36. The molecule has 1 aliphatic rings. The number of nitrogens with two attached hydrogens (primary N) is 1. The molecule has 4 rings (SSSR count). The lowest BCUT2D eigenvalue weighted by molar-refractivity contribution is 0.372. The molecule has 1 aromatic carbocycles. The first-order valence-electron chi connectivity index (χ1n) is 6.93. The van der Waals surface area contributed by atoms with Gasteiger partial charge in [0.25, 0.3) is 5.89 Å². The van der Waals surface area contributed by atoms with Gasteiger partial charge in [0.2, 0.25) is 0 Å². The Morgan fingerprint density at radius 3 is 2.90 bits per heavy atom. The van der Waals surface area contributed by atoms with Gasteiger partial charge in [-0.15, -0.1) is 0 Å². The second-order valence-corrected chi connectivity index (χ2v) is 6.46. The fraction of sp³-hybridized carbons (Fsp3) is 0.357. The van der Waals surface area contributed by atoms with Crippen molar-refractivity contribution in [1.29, 1.82) is 0 Å². The van der Waals surface area contributed by atoms with E-state index in [2.05, 4.69) is 36.3 Å². The lowest BCUT2D eigenvalue weighted by Crippen LogP contribution is -2.34. The molecule has 0 bridgehead atoms. The topological polar surface area (TPSA) is 93.6 Å². The van der Waals surface area contributed by atoms with E-state index in [1.165, 1.54) is 0 Å². The number of halogens is 1. The molecule has 3 N–H and O–H groups in total. The van der Waals surface area contributed by atoms with Crippen molar-refractivity contribution in [2.75, 3.05) is 0 Å². The zero-order valence-corrected chi connectivity index (χ0v) is 12.9. The van der Waals surface area contributed by atoms with Crippen LogP contribution in [0.3, 0.4) is 0 Å². The van der Waals surface area contributed by atoms with Crippen molar-refractivity contribution in [1.82, 2.24) is 20.3 Å². The van der Waals surface area contributed by atoms with Crippen LogP contribution in [0, 0.1) is 0 Å². The molecule has 0 spiro atoms. The van der Waals surface area contributed by atoms with Gasteiger partial charge in [-0.3, -0.25) is 5.10 Å². The molecule has 21 heavy (non-hydrogen) atoms. The van der Waals surface area contributed by atoms with E-state index in [1.807, 2.05) is 18.2 Å². The van der Waals surface area contributed by atoms with Gasteiger partial charge in [-0.25, -0.2) is 0 Å². The Hall–Kier alpha value is -1.73.